The van der Waals surface area contributed by atoms with Gasteiger partial charge in [0.25, 0.3) is 0 Å². The molecule has 110 valence electrons. The van der Waals surface area contributed by atoms with E-state index in [-0.39, 0.29) is 5.46 Å². The molecule has 0 aromatic heterocycles. The number of sulfonamides is 1. The Morgan fingerprint density at radius 1 is 1.10 bits per heavy atom. The largest absolute Gasteiger partial charge is 0.571 e. The van der Waals surface area contributed by atoms with Crippen molar-refractivity contribution in [2.24, 2.45) is 0 Å². The summed E-state index contributed by atoms with van der Waals surface area (Å²) in [6, 6.07) is 6.27. The number of piperazine rings is 1. The van der Waals surface area contributed by atoms with Crippen LogP contribution in [0.25, 0.3) is 0 Å². The molecule has 0 N–H and O–H groups in total. The van der Waals surface area contributed by atoms with Gasteiger partial charge in [-0.15, -0.1) is 0 Å². The molecule has 1 heterocycles. The first-order chi connectivity index (χ1) is 9.36. The third-order valence-electron chi connectivity index (χ3n) is 3.44. The van der Waals surface area contributed by atoms with Gasteiger partial charge in [0.15, 0.2) is 0 Å². The maximum atomic E-state index is 12.4. The molecule has 20 heavy (non-hydrogen) atoms. The molecule has 4 nitrogen and oxygen atoms in total. The SMILES string of the molecule is CS(=O)(=O)N1CCN(Cc2ccc(B(F)F)cc2)CC1. The summed E-state index contributed by atoms with van der Waals surface area (Å²) in [6.45, 7) is 2.93. The van der Waals surface area contributed by atoms with E-state index in [9.17, 15) is 17.0 Å². The fourth-order valence-corrected chi connectivity index (χ4v) is 3.07. The quantitative estimate of drug-likeness (QED) is 0.756. The van der Waals surface area contributed by atoms with Gasteiger partial charge in [-0.2, -0.15) is 4.31 Å². The number of hydrogen-bond donors (Lipinski definition) is 0. The van der Waals surface area contributed by atoms with Crippen LogP contribution in [0, 0.1) is 0 Å². The van der Waals surface area contributed by atoms with Gasteiger partial charge >= 0.3 is 7.27 Å². The van der Waals surface area contributed by atoms with Gasteiger partial charge in [0, 0.05) is 32.7 Å². The Balaban J connectivity index is 1.89. The van der Waals surface area contributed by atoms with E-state index < -0.39 is 17.3 Å². The van der Waals surface area contributed by atoms with Crippen molar-refractivity contribution in [3.8, 4) is 0 Å². The molecule has 0 unspecified atom stereocenters. The summed E-state index contributed by atoms with van der Waals surface area (Å²) >= 11 is 0. The van der Waals surface area contributed by atoms with Gasteiger partial charge in [0.2, 0.25) is 10.0 Å². The molecule has 0 bridgehead atoms. The summed E-state index contributed by atoms with van der Waals surface area (Å²) in [5.74, 6) is 0. The lowest BCUT2D eigenvalue weighted by Gasteiger charge is -2.33. The van der Waals surface area contributed by atoms with Gasteiger partial charge in [0.05, 0.1) is 6.26 Å². The van der Waals surface area contributed by atoms with Crippen molar-refractivity contribution in [2.45, 2.75) is 6.54 Å². The molecular weight excluding hydrogens is 285 g/mol. The Labute approximate surface area is 118 Å². The van der Waals surface area contributed by atoms with Crippen LogP contribution < -0.4 is 5.46 Å². The highest BCUT2D eigenvalue weighted by Gasteiger charge is 2.23. The fourth-order valence-electron chi connectivity index (χ4n) is 2.25. The molecule has 0 saturated carbocycles. The summed E-state index contributed by atoms with van der Waals surface area (Å²) in [5, 5.41) is 0. The lowest BCUT2D eigenvalue weighted by atomic mass is 9.85. The van der Waals surface area contributed by atoms with Crippen LogP contribution in [-0.2, 0) is 16.6 Å². The Kier molecular flexibility index (Phi) is 4.77. The summed E-state index contributed by atoms with van der Waals surface area (Å²) in [6.07, 6.45) is 1.21. The maximum absolute atomic E-state index is 12.4. The molecule has 0 atom stereocenters. The van der Waals surface area contributed by atoms with Crippen molar-refractivity contribution >= 4 is 22.8 Å². The van der Waals surface area contributed by atoms with Gasteiger partial charge in [-0.25, -0.2) is 8.42 Å². The van der Waals surface area contributed by atoms with Crippen molar-refractivity contribution in [1.29, 1.82) is 0 Å². The van der Waals surface area contributed by atoms with Crippen LogP contribution in [-0.4, -0.2) is 57.3 Å². The van der Waals surface area contributed by atoms with Crippen molar-refractivity contribution in [1.82, 2.24) is 9.21 Å². The highest BCUT2D eigenvalue weighted by molar-refractivity contribution is 7.88. The van der Waals surface area contributed by atoms with Crippen LogP contribution in [0.15, 0.2) is 24.3 Å². The molecule has 8 heteroatoms. The van der Waals surface area contributed by atoms with Crippen molar-refractivity contribution < 1.29 is 17.0 Å². The predicted octanol–water partition coefficient (Wildman–Crippen LogP) is 0.398. The number of hydrogen-bond acceptors (Lipinski definition) is 3. The first-order valence-corrected chi connectivity index (χ1v) is 8.25. The zero-order valence-electron chi connectivity index (χ0n) is 11.3. The highest BCUT2D eigenvalue weighted by atomic mass is 32.2. The van der Waals surface area contributed by atoms with E-state index in [0.717, 1.165) is 5.56 Å². The maximum Gasteiger partial charge on any atom is 0.571 e. The highest BCUT2D eigenvalue weighted by Crippen LogP contribution is 2.10. The Hall–Kier alpha value is -0.985. The normalized spacial score (nSPS) is 18.1. The molecule has 0 spiro atoms. The van der Waals surface area contributed by atoms with Gasteiger partial charge in [-0.3, -0.25) is 13.5 Å². The minimum Gasteiger partial charge on any atom is -0.296 e. The lowest BCUT2D eigenvalue weighted by molar-refractivity contribution is 0.182. The predicted molar refractivity (Wildman–Crippen MR) is 75.7 cm³/mol. The molecule has 1 aliphatic rings. The van der Waals surface area contributed by atoms with Gasteiger partial charge in [0.1, 0.15) is 0 Å². The number of rotatable bonds is 4. The van der Waals surface area contributed by atoms with E-state index in [0.29, 0.717) is 32.7 Å². The van der Waals surface area contributed by atoms with E-state index in [1.807, 2.05) is 0 Å². The molecule has 2 rings (SSSR count). The monoisotopic (exact) mass is 302 g/mol. The lowest BCUT2D eigenvalue weighted by Crippen LogP contribution is -2.47. The standard InChI is InChI=1S/C12H17BF2N2O2S/c1-20(18,19)17-8-6-16(7-9-17)10-11-2-4-12(5-3-11)13(14)15/h2-5H,6-10H2,1H3. The number of benzene rings is 1. The van der Waals surface area contributed by atoms with Gasteiger partial charge in [-0.1, -0.05) is 24.3 Å². The van der Waals surface area contributed by atoms with E-state index >= 15 is 0 Å². The first-order valence-electron chi connectivity index (χ1n) is 6.41. The van der Waals surface area contributed by atoms with Crippen molar-refractivity contribution in [3.63, 3.8) is 0 Å². The van der Waals surface area contributed by atoms with E-state index in [1.165, 1.54) is 22.7 Å². The molecular formula is C12H17BF2N2O2S. The minimum atomic E-state index is -3.11. The first kappa shape index (κ1) is 15.4. The van der Waals surface area contributed by atoms with Crippen LogP contribution in [0.1, 0.15) is 5.56 Å². The second kappa shape index (κ2) is 6.20. The molecule has 1 aliphatic heterocycles. The molecule has 1 aromatic rings. The summed E-state index contributed by atoms with van der Waals surface area (Å²) in [7, 11) is -5.56. The number of halogens is 2. The van der Waals surface area contributed by atoms with Gasteiger partial charge < -0.3 is 0 Å². The Morgan fingerprint density at radius 2 is 1.65 bits per heavy atom. The van der Waals surface area contributed by atoms with E-state index in [1.54, 1.807) is 12.1 Å². The van der Waals surface area contributed by atoms with Gasteiger partial charge in [-0.05, 0) is 11.0 Å². The van der Waals surface area contributed by atoms with Crippen molar-refractivity contribution in [3.05, 3.63) is 29.8 Å². The van der Waals surface area contributed by atoms with Crippen molar-refractivity contribution in [2.75, 3.05) is 32.4 Å². The average molecular weight is 302 g/mol. The number of nitrogens with zero attached hydrogens (tertiary/aromatic N) is 2. The van der Waals surface area contributed by atoms with Crippen LogP contribution in [0.3, 0.4) is 0 Å². The molecule has 1 saturated heterocycles. The minimum absolute atomic E-state index is 0.0237. The van der Waals surface area contributed by atoms with Crippen LogP contribution in [0.2, 0.25) is 0 Å². The summed E-state index contributed by atoms with van der Waals surface area (Å²) in [4.78, 5) is 2.12. The van der Waals surface area contributed by atoms with Crippen LogP contribution in [0.4, 0.5) is 8.63 Å². The molecule has 0 aliphatic carbocycles. The topological polar surface area (TPSA) is 40.6 Å². The second-order valence-electron chi connectivity index (χ2n) is 4.98. The third kappa shape index (κ3) is 4.00. The molecule has 0 radical (unpaired) electrons. The zero-order chi connectivity index (χ0) is 14.8. The Morgan fingerprint density at radius 3 is 2.10 bits per heavy atom. The second-order valence-corrected chi connectivity index (χ2v) is 6.96. The van der Waals surface area contributed by atoms with Crippen LogP contribution in [0.5, 0.6) is 0 Å². The summed E-state index contributed by atoms with van der Waals surface area (Å²) in [5.41, 5.74) is 0.984. The third-order valence-corrected chi connectivity index (χ3v) is 4.74. The smallest absolute Gasteiger partial charge is 0.296 e. The van der Waals surface area contributed by atoms with E-state index in [4.69, 9.17) is 0 Å². The molecule has 1 aromatic carbocycles. The average Bonchev–Trinajstić information content (AvgIpc) is 2.39. The fraction of sp³-hybridized carbons (Fsp3) is 0.500. The molecule has 0 amide bonds. The Bertz CT molecular complexity index is 543. The van der Waals surface area contributed by atoms with Crippen LogP contribution >= 0.6 is 0 Å². The summed E-state index contributed by atoms with van der Waals surface area (Å²) < 4.78 is 49.1. The zero-order valence-corrected chi connectivity index (χ0v) is 12.1. The van der Waals surface area contributed by atoms with E-state index in [2.05, 4.69) is 4.90 Å². The molecule has 1 fully saturated rings.